The largest absolute Gasteiger partial charge is 0.478 e. The number of hydrogen-bond donors (Lipinski definition) is 2. The van der Waals surface area contributed by atoms with Crippen LogP contribution in [0.1, 0.15) is 26.8 Å². The summed E-state index contributed by atoms with van der Waals surface area (Å²) in [7, 11) is 0. The van der Waals surface area contributed by atoms with Gasteiger partial charge in [-0.25, -0.2) is 4.79 Å². The molecule has 0 fully saturated rings. The van der Waals surface area contributed by atoms with Crippen molar-refractivity contribution in [3.05, 3.63) is 51.6 Å². The van der Waals surface area contributed by atoms with Crippen LogP contribution in [-0.2, 0) is 11.3 Å². The molecule has 0 aromatic carbocycles. The van der Waals surface area contributed by atoms with Gasteiger partial charge in [0, 0.05) is 11.0 Å². The summed E-state index contributed by atoms with van der Waals surface area (Å²) < 4.78 is 5.22. The number of carboxylic acids is 1. The number of carboxylic acid groups (broad SMARTS) is 1. The summed E-state index contributed by atoms with van der Waals surface area (Å²) in [6.07, 6.45) is 2.58. The molecule has 0 atom stereocenters. The number of carbonyl (C=O) groups excluding carboxylic acids is 1. The Kier molecular flexibility index (Phi) is 4.37. The van der Waals surface area contributed by atoms with Gasteiger partial charge in [0.25, 0.3) is 5.91 Å². The molecule has 1 amide bonds. The normalized spacial score (nSPS) is 10.8. The number of aliphatic carboxylic acids is 1. The summed E-state index contributed by atoms with van der Waals surface area (Å²) >= 11 is 1.45. The number of amides is 1. The van der Waals surface area contributed by atoms with Crippen molar-refractivity contribution in [1.82, 2.24) is 5.32 Å². The fourth-order valence-corrected chi connectivity index (χ4v) is 2.41. The van der Waals surface area contributed by atoms with E-state index >= 15 is 0 Å². The maximum absolute atomic E-state index is 11.8. The lowest BCUT2D eigenvalue weighted by Gasteiger charge is -2.02. The van der Waals surface area contributed by atoms with Crippen molar-refractivity contribution in [2.45, 2.75) is 13.5 Å². The molecule has 0 radical (unpaired) electrons. The van der Waals surface area contributed by atoms with Gasteiger partial charge in [0.1, 0.15) is 5.76 Å². The number of rotatable bonds is 5. The van der Waals surface area contributed by atoms with Crippen LogP contribution < -0.4 is 5.32 Å². The minimum Gasteiger partial charge on any atom is -0.478 e. The summed E-state index contributed by atoms with van der Waals surface area (Å²) in [5, 5.41) is 13.2. The number of nitrogens with one attached hydrogen (secondary N) is 1. The van der Waals surface area contributed by atoms with E-state index in [1.54, 1.807) is 19.1 Å². The van der Waals surface area contributed by atoms with Gasteiger partial charge in [-0.3, -0.25) is 4.79 Å². The molecule has 2 aromatic heterocycles. The smallest absolute Gasteiger partial charge is 0.328 e. The van der Waals surface area contributed by atoms with Gasteiger partial charge in [-0.05, 0) is 42.1 Å². The van der Waals surface area contributed by atoms with Gasteiger partial charge in [-0.2, -0.15) is 0 Å². The van der Waals surface area contributed by atoms with E-state index < -0.39 is 5.97 Å². The molecule has 0 aliphatic carbocycles. The summed E-state index contributed by atoms with van der Waals surface area (Å²) in [4.78, 5) is 23.2. The lowest BCUT2D eigenvalue weighted by Crippen LogP contribution is -2.22. The third kappa shape index (κ3) is 3.58. The highest BCUT2D eigenvalue weighted by molar-refractivity contribution is 7.10. The Hall–Kier alpha value is -2.34. The van der Waals surface area contributed by atoms with E-state index in [2.05, 4.69) is 5.32 Å². The zero-order valence-electron chi connectivity index (χ0n) is 10.8. The number of carbonyl (C=O) groups is 2. The number of aryl methyl sites for hydroxylation is 1. The molecule has 6 heteroatoms. The highest BCUT2D eigenvalue weighted by Crippen LogP contribution is 2.18. The van der Waals surface area contributed by atoms with Crippen molar-refractivity contribution < 1.29 is 19.1 Å². The highest BCUT2D eigenvalue weighted by Gasteiger charge is 2.10. The summed E-state index contributed by atoms with van der Waals surface area (Å²) in [5.74, 6) is -0.352. The van der Waals surface area contributed by atoms with Crippen LogP contribution in [0.3, 0.4) is 0 Å². The van der Waals surface area contributed by atoms with E-state index in [4.69, 9.17) is 9.52 Å². The van der Waals surface area contributed by atoms with E-state index in [1.165, 1.54) is 17.4 Å². The van der Waals surface area contributed by atoms with Gasteiger partial charge < -0.3 is 14.8 Å². The van der Waals surface area contributed by atoms with Gasteiger partial charge >= 0.3 is 5.97 Å². The van der Waals surface area contributed by atoms with Gasteiger partial charge in [-0.15, -0.1) is 11.3 Å². The molecule has 20 heavy (non-hydrogen) atoms. The zero-order valence-corrected chi connectivity index (χ0v) is 11.6. The van der Waals surface area contributed by atoms with Gasteiger partial charge in [-0.1, -0.05) is 0 Å². The van der Waals surface area contributed by atoms with E-state index in [0.717, 1.165) is 16.5 Å². The first-order chi connectivity index (χ1) is 9.56. The first-order valence-corrected chi connectivity index (χ1v) is 6.76. The first kappa shape index (κ1) is 14.1. The molecule has 2 aromatic rings. The maximum Gasteiger partial charge on any atom is 0.328 e. The SMILES string of the molecule is Cc1ccc(C(=O)NCc2sccc2/C=C/C(=O)O)o1. The zero-order chi connectivity index (χ0) is 14.5. The second-order valence-corrected chi connectivity index (χ2v) is 5.06. The Balaban J connectivity index is 1.99. The minimum atomic E-state index is -1.00. The van der Waals surface area contributed by atoms with Crippen LogP contribution in [0.15, 0.2) is 34.1 Å². The monoisotopic (exact) mass is 291 g/mol. The number of hydrogen-bond acceptors (Lipinski definition) is 4. The summed E-state index contributed by atoms with van der Waals surface area (Å²) in [6.45, 7) is 2.10. The molecule has 0 saturated heterocycles. The van der Waals surface area contributed by atoms with Crippen molar-refractivity contribution in [2.24, 2.45) is 0 Å². The molecule has 0 spiro atoms. The third-order valence-corrected chi connectivity index (χ3v) is 3.50. The number of thiophene rings is 1. The maximum atomic E-state index is 11.8. The molecule has 5 nitrogen and oxygen atoms in total. The molecule has 0 aliphatic heterocycles. The highest BCUT2D eigenvalue weighted by atomic mass is 32.1. The Morgan fingerprint density at radius 3 is 2.85 bits per heavy atom. The number of furan rings is 1. The molecule has 0 unspecified atom stereocenters. The van der Waals surface area contributed by atoms with Crippen molar-refractivity contribution in [1.29, 1.82) is 0 Å². The van der Waals surface area contributed by atoms with Crippen molar-refractivity contribution >= 4 is 29.3 Å². The predicted octanol–water partition coefficient (Wildman–Crippen LogP) is 2.68. The van der Waals surface area contributed by atoms with Crippen molar-refractivity contribution in [3.8, 4) is 0 Å². The van der Waals surface area contributed by atoms with Crippen LogP contribution in [0.5, 0.6) is 0 Å². The molecule has 0 saturated carbocycles. The topological polar surface area (TPSA) is 79.5 Å². The van der Waals surface area contributed by atoms with E-state index in [0.29, 0.717) is 12.3 Å². The van der Waals surface area contributed by atoms with Crippen LogP contribution in [0.2, 0.25) is 0 Å². The molecule has 2 rings (SSSR count). The average molecular weight is 291 g/mol. The average Bonchev–Trinajstić information content (AvgIpc) is 3.02. The Bertz CT molecular complexity index is 654. The van der Waals surface area contributed by atoms with E-state index in [1.807, 2.05) is 11.4 Å². The standard InChI is InChI=1S/C14H13NO4S/c1-9-2-4-11(19-9)14(18)15-8-12-10(6-7-20-12)3-5-13(16)17/h2-7H,8H2,1H3,(H,15,18)(H,16,17)/b5-3+. The van der Waals surface area contributed by atoms with E-state index in [-0.39, 0.29) is 11.7 Å². The van der Waals surface area contributed by atoms with Crippen LogP contribution in [-0.4, -0.2) is 17.0 Å². The van der Waals surface area contributed by atoms with Crippen LogP contribution in [0, 0.1) is 6.92 Å². The molecular weight excluding hydrogens is 278 g/mol. The molecule has 2 N–H and O–H groups in total. The van der Waals surface area contributed by atoms with Crippen LogP contribution >= 0.6 is 11.3 Å². The molecule has 2 heterocycles. The lowest BCUT2D eigenvalue weighted by molar-refractivity contribution is -0.131. The molecule has 104 valence electrons. The lowest BCUT2D eigenvalue weighted by atomic mass is 10.2. The quantitative estimate of drug-likeness (QED) is 0.830. The first-order valence-electron chi connectivity index (χ1n) is 5.88. The van der Waals surface area contributed by atoms with Gasteiger partial charge in [0.05, 0.1) is 6.54 Å². The predicted molar refractivity (Wildman–Crippen MR) is 75.6 cm³/mol. The van der Waals surface area contributed by atoms with E-state index in [9.17, 15) is 9.59 Å². The second kappa shape index (κ2) is 6.21. The van der Waals surface area contributed by atoms with Crippen molar-refractivity contribution in [3.63, 3.8) is 0 Å². The fraction of sp³-hybridized carbons (Fsp3) is 0.143. The van der Waals surface area contributed by atoms with Gasteiger partial charge in [0.15, 0.2) is 5.76 Å². The molecule has 0 aliphatic rings. The minimum absolute atomic E-state index is 0.265. The van der Waals surface area contributed by atoms with Gasteiger partial charge in [0.2, 0.25) is 0 Å². The Morgan fingerprint density at radius 1 is 1.40 bits per heavy atom. The second-order valence-electron chi connectivity index (χ2n) is 4.06. The summed E-state index contributed by atoms with van der Waals surface area (Å²) in [5.41, 5.74) is 0.785. The Morgan fingerprint density at radius 2 is 2.20 bits per heavy atom. The third-order valence-electron chi connectivity index (χ3n) is 2.56. The van der Waals surface area contributed by atoms with Crippen molar-refractivity contribution in [2.75, 3.05) is 0 Å². The van der Waals surface area contributed by atoms with Crippen LogP contribution in [0.25, 0.3) is 6.08 Å². The Labute approximate surface area is 119 Å². The fourth-order valence-electron chi connectivity index (χ4n) is 1.61. The van der Waals surface area contributed by atoms with Crippen LogP contribution in [0.4, 0.5) is 0 Å². The molecular formula is C14H13NO4S. The summed E-state index contributed by atoms with van der Waals surface area (Å²) in [6, 6.07) is 5.15. The molecule has 0 bridgehead atoms.